The van der Waals surface area contributed by atoms with Crippen LogP contribution in [0.2, 0.25) is 0 Å². The van der Waals surface area contributed by atoms with Crippen LogP contribution < -0.4 is 10.4 Å². The summed E-state index contributed by atoms with van der Waals surface area (Å²) in [5.74, 6) is 1.53. The van der Waals surface area contributed by atoms with Crippen molar-refractivity contribution >= 4 is 12.2 Å². The molecule has 0 N–H and O–H groups in total. The third-order valence-corrected chi connectivity index (χ3v) is 7.05. The molecular weight excluding hydrogens is 428 g/mol. The average Bonchev–Trinajstić information content (AvgIpc) is 3.18. The van der Waals surface area contributed by atoms with Crippen LogP contribution in [-0.4, -0.2) is 0 Å². The van der Waals surface area contributed by atoms with Crippen LogP contribution in [0, 0.1) is 5.92 Å². The molecule has 148 valence electrons. The quantitative estimate of drug-likeness (QED) is 0.470. The molecule has 0 saturated heterocycles. The minimum absolute atomic E-state index is 0. The number of rotatable bonds is 3. The molecule has 2 fully saturated rings. The first-order valence-electron chi connectivity index (χ1n) is 11.4. The van der Waals surface area contributed by atoms with Gasteiger partial charge in [0.25, 0.3) is 0 Å². The Morgan fingerprint density at radius 3 is 2.17 bits per heavy atom. The zero-order valence-corrected chi connectivity index (χ0v) is 19.9. The van der Waals surface area contributed by atoms with Gasteiger partial charge in [-0.05, 0) is 35.8 Å². The van der Waals surface area contributed by atoms with E-state index in [4.69, 9.17) is 0 Å². The third kappa shape index (κ3) is 4.77. The molecule has 0 aliphatic heterocycles. The fourth-order valence-corrected chi connectivity index (χ4v) is 5.44. The van der Waals surface area contributed by atoms with Gasteiger partial charge in [0.1, 0.15) is 0 Å². The van der Waals surface area contributed by atoms with E-state index in [-0.39, 0.29) is 26.2 Å². The van der Waals surface area contributed by atoms with E-state index in [1.165, 1.54) is 96.9 Å². The smallest absolute Gasteiger partial charge is 0 e. The second kappa shape index (κ2) is 9.74. The summed E-state index contributed by atoms with van der Waals surface area (Å²) >= 11 is 0. The van der Waals surface area contributed by atoms with E-state index >= 15 is 0 Å². The van der Waals surface area contributed by atoms with Crippen molar-refractivity contribution in [1.82, 2.24) is 0 Å². The van der Waals surface area contributed by atoms with Gasteiger partial charge in [0.05, 0.1) is 0 Å². The van der Waals surface area contributed by atoms with Gasteiger partial charge in [-0.25, -0.2) is 0 Å². The van der Waals surface area contributed by atoms with Gasteiger partial charge in [0, 0.05) is 26.2 Å². The first-order valence-corrected chi connectivity index (χ1v) is 11.4. The van der Waals surface area contributed by atoms with Gasteiger partial charge in [-0.3, -0.25) is 0 Å². The molecule has 0 atom stereocenters. The summed E-state index contributed by atoms with van der Waals surface area (Å²) in [4.78, 5) is 0. The zero-order valence-electron chi connectivity index (χ0n) is 17.4. The summed E-state index contributed by atoms with van der Waals surface area (Å²) in [5, 5.41) is 2.62. The van der Waals surface area contributed by atoms with Crippen LogP contribution in [0.15, 0.2) is 54.1 Å². The average molecular weight is 459 g/mol. The maximum Gasteiger partial charge on any atom is 0 e. The number of allylic oxidation sites excluding steroid dienone is 2. The molecule has 0 unspecified atom stereocenters. The molecule has 29 heavy (non-hydrogen) atoms. The number of hydrogen-bond acceptors (Lipinski definition) is 0. The van der Waals surface area contributed by atoms with Crippen LogP contribution in [-0.2, 0) is 26.2 Å². The number of hydrogen-bond donors (Lipinski definition) is 0. The Balaban J connectivity index is 0.00000205. The van der Waals surface area contributed by atoms with E-state index in [0.29, 0.717) is 0 Å². The minimum Gasteiger partial charge on any atom is -0.145 e. The fraction of sp³-hybridized carbons (Fsp3) is 0.429. The van der Waals surface area contributed by atoms with Gasteiger partial charge in [0.2, 0.25) is 0 Å². The Morgan fingerprint density at radius 2 is 1.45 bits per heavy atom. The Labute approximate surface area is 194 Å². The van der Waals surface area contributed by atoms with Crippen molar-refractivity contribution < 1.29 is 26.2 Å². The first-order chi connectivity index (χ1) is 13.9. The molecule has 0 amide bonds. The summed E-state index contributed by atoms with van der Waals surface area (Å²) < 4.78 is 0. The maximum absolute atomic E-state index is 3.66. The second-order valence-corrected chi connectivity index (χ2v) is 9.01. The standard InChI is InChI=1S/C28H31.Zr/c1-3-8-21(9-4-1)18-22-19-26-12-7-13-27(28(26)20-22)25-16-14-24(15-17-25)23-10-5-2-6-11-23;/h7,12-18,20-21,23H,1-6,8-11H2;/q-1;. The molecule has 2 aromatic carbocycles. The van der Waals surface area contributed by atoms with E-state index in [9.17, 15) is 0 Å². The second-order valence-electron chi connectivity index (χ2n) is 9.01. The number of benzene rings is 2. The summed E-state index contributed by atoms with van der Waals surface area (Å²) in [6.07, 6.45) is 22.4. The van der Waals surface area contributed by atoms with Crippen molar-refractivity contribution in [2.24, 2.45) is 5.92 Å². The third-order valence-electron chi connectivity index (χ3n) is 7.05. The summed E-state index contributed by atoms with van der Waals surface area (Å²) in [5.41, 5.74) is 5.53. The molecule has 0 heterocycles. The van der Waals surface area contributed by atoms with Gasteiger partial charge >= 0.3 is 0 Å². The molecule has 0 radical (unpaired) electrons. The largest absolute Gasteiger partial charge is 0.145 e. The Kier molecular flexibility index (Phi) is 7.07. The van der Waals surface area contributed by atoms with Crippen LogP contribution in [0.4, 0.5) is 0 Å². The fourth-order valence-electron chi connectivity index (χ4n) is 5.44. The Morgan fingerprint density at radius 1 is 0.759 bits per heavy atom. The molecule has 3 aliphatic rings. The van der Waals surface area contributed by atoms with E-state index in [1.54, 1.807) is 0 Å². The van der Waals surface area contributed by atoms with Crippen LogP contribution in [0.3, 0.4) is 0 Å². The maximum atomic E-state index is 3.66. The van der Waals surface area contributed by atoms with Gasteiger partial charge in [-0.1, -0.05) is 93.3 Å². The van der Waals surface area contributed by atoms with E-state index < -0.39 is 0 Å². The molecule has 0 spiro atoms. The topological polar surface area (TPSA) is 0 Å². The molecule has 0 aromatic heterocycles. The van der Waals surface area contributed by atoms with Crippen LogP contribution in [0.5, 0.6) is 0 Å². The predicted molar refractivity (Wildman–Crippen MR) is 119 cm³/mol. The van der Waals surface area contributed by atoms with Crippen molar-refractivity contribution in [3.8, 4) is 11.1 Å². The summed E-state index contributed by atoms with van der Waals surface area (Å²) in [6.45, 7) is 0. The van der Waals surface area contributed by atoms with Crippen LogP contribution in [0.25, 0.3) is 23.3 Å². The predicted octanol–water partition coefficient (Wildman–Crippen LogP) is 6.36. The van der Waals surface area contributed by atoms with Gasteiger partial charge in [-0.15, -0.1) is 40.3 Å². The zero-order chi connectivity index (χ0) is 18.8. The van der Waals surface area contributed by atoms with Crippen molar-refractivity contribution in [2.45, 2.75) is 70.1 Å². The van der Waals surface area contributed by atoms with Crippen molar-refractivity contribution in [2.75, 3.05) is 0 Å². The molecule has 3 aliphatic carbocycles. The van der Waals surface area contributed by atoms with E-state index in [0.717, 1.165) is 11.8 Å². The molecular formula is C28H31Zr-. The van der Waals surface area contributed by atoms with Gasteiger partial charge in [0.15, 0.2) is 0 Å². The van der Waals surface area contributed by atoms with E-state index in [1.807, 2.05) is 0 Å². The van der Waals surface area contributed by atoms with Crippen molar-refractivity contribution in [1.29, 1.82) is 0 Å². The molecule has 2 aromatic rings. The first kappa shape index (κ1) is 21.1. The normalized spacial score (nSPS) is 21.2. The van der Waals surface area contributed by atoms with E-state index in [2.05, 4.69) is 60.7 Å². The molecule has 5 rings (SSSR count). The van der Waals surface area contributed by atoms with Crippen molar-refractivity contribution in [3.05, 3.63) is 70.1 Å². The van der Waals surface area contributed by atoms with Crippen molar-refractivity contribution in [3.63, 3.8) is 0 Å². The van der Waals surface area contributed by atoms with Gasteiger partial charge < -0.3 is 0 Å². The summed E-state index contributed by atoms with van der Waals surface area (Å²) in [6, 6.07) is 16.1. The molecule has 1 heteroatoms. The monoisotopic (exact) mass is 457 g/mol. The summed E-state index contributed by atoms with van der Waals surface area (Å²) in [7, 11) is 0. The van der Waals surface area contributed by atoms with Crippen LogP contribution >= 0.6 is 0 Å². The Hall–Kier alpha value is -1.20. The Bertz CT molecular complexity index is 968. The SMILES string of the molecule is [C-]1=c2cccc(-c3ccc(C4CCCCC4)cc3)c2=CC1=CC1CCCCC1.[Zr]. The van der Waals surface area contributed by atoms with Crippen LogP contribution in [0.1, 0.15) is 75.7 Å². The molecule has 0 bridgehead atoms. The van der Waals surface area contributed by atoms with Gasteiger partial charge in [-0.2, -0.15) is 0 Å². The number of fused-ring (bicyclic) bond motifs is 1. The molecule has 0 nitrogen and oxygen atoms in total. The minimum atomic E-state index is 0. The molecule has 2 saturated carbocycles.